The zero-order chi connectivity index (χ0) is 22.8. The Labute approximate surface area is 177 Å². The largest absolute Gasteiger partial charge is 0.439 e. The molecule has 0 fully saturated rings. The maximum absolute atomic E-state index is 15.8. The summed E-state index contributed by atoms with van der Waals surface area (Å²) in [6.07, 6.45) is -5.51. The third-order valence-corrected chi connectivity index (χ3v) is 5.30. The summed E-state index contributed by atoms with van der Waals surface area (Å²) < 4.78 is 59.1. The van der Waals surface area contributed by atoms with Gasteiger partial charge in [-0.3, -0.25) is 4.79 Å². The Bertz CT molecular complexity index is 1050. The number of halogens is 4. The Hall–Kier alpha value is -3.16. The maximum Gasteiger partial charge on any atom is 0.439 e. The summed E-state index contributed by atoms with van der Waals surface area (Å²) in [7, 11) is 0. The number of carbonyl (C=O) groups excluding carboxylic acids is 1. The predicted molar refractivity (Wildman–Crippen MR) is 109 cm³/mol. The Kier molecular flexibility index (Phi) is 6.20. The molecule has 164 valence electrons. The molecule has 2 unspecified atom stereocenters. The van der Waals surface area contributed by atoms with Gasteiger partial charge in [0.1, 0.15) is 0 Å². The lowest BCUT2D eigenvalue weighted by atomic mass is 10.0. The second-order valence-corrected chi connectivity index (χ2v) is 7.44. The highest BCUT2D eigenvalue weighted by molar-refractivity contribution is 5.87. The van der Waals surface area contributed by atoms with E-state index in [1.165, 1.54) is 13.8 Å². The van der Waals surface area contributed by atoms with Crippen LogP contribution in [0.3, 0.4) is 0 Å². The minimum atomic E-state index is -5.51. The van der Waals surface area contributed by atoms with E-state index in [-0.39, 0.29) is 12.2 Å². The van der Waals surface area contributed by atoms with Gasteiger partial charge in [0.05, 0.1) is 11.7 Å². The van der Waals surface area contributed by atoms with Crippen LogP contribution in [0.15, 0.2) is 60.7 Å². The molecule has 3 aromatic rings. The molecule has 31 heavy (non-hydrogen) atoms. The van der Waals surface area contributed by atoms with Gasteiger partial charge in [-0.05, 0) is 31.9 Å². The van der Waals surface area contributed by atoms with Crippen LogP contribution >= 0.6 is 0 Å². The third-order valence-electron chi connectivity index (χ3n) is 5.30. The van der Waals surface area contributed by atoms with Crippen molar-refractivity contribution in [2.75, 3.05) is 0 Å². The second kappa shape index (κ2) is 8.53. The first-order valence-corrected chi connectivity index (χ1v) is 9.75. The fourth-order valence-electron chi connectivity index (χ4n) is 3.35. The van der Waals surface area contributed by atoms with Crippen LogP contribution < -0.4 is 5.32 Å². The summed E-state index contributed by atoms with van der Waals surface area (Å²) in [5, 5.41) is 2.17. The van der Waals surface area contributed by atoms with Gasteiger partial charge >= 0.3 is 11.8 Å². The van der Waals surface area contributed by atoms with E-state index in [0.717, 1.165) is 4.57 Å². The summed E-state index contributed by atoms with van der Waals surface area (Å²) in [4.78, 5) is 16.6. The zero-order valence-corrected chi connectivity index (χ0v) is 17.4. The number of hydrogen-bond donors (Lipinski definition) is 1. The van der Waals surface area contributed by atoms with Gasteiger partial charge in [-0.1, -0.05) is 60.7 Å². The fraction of sp³-hybridized carbons (Fsp3) is 0.304. The number of rotatable bonds is 6. The first-order chi connectivity index (χ1) is 14.6. The van der Waals surface area contributed by atoms with E-state index in [9.17, 15) is 18.0 Å². The Morgan fingerprint density at radius 2 is 1.55 bits per heavy atom. The molecule has 3 rings (SSSR count). The molecule has 1 amide bonds. The van der Waals surface area contributed by atoms with Gasteiger partial charge in [0.2, 0.25) is 0 Å². The quantitative estimate of drug-likeness (QED) is 0.547. The Balaban J connectivity index is 2.04. The first kappa shape index (κ1) is 22.5. The van der Waals surface area contributed by atoms with E-state index < -0.39 is 29.6 Å². The lowest BCUT2D eigenvalue weighted by Crippen LogP contribution is -2.53. The number of imidazole rings is 1. The number of aromatic nitrogens is 2. The summed E-state index contributed by atoms with van der Waals surface area (Å²) in [6, 6.07) is 16.2. The SMILES string of the molecule is Cc1nc(C(F)(C(=O)NC(C)c2ccccc2)C(F)(F)F)n(Cc2ccccc2)c1C. The molecule has 2 aromatic carbocycles. The number of benzene rings is 2. The monoisotopic (exact) mass is 433 g/mol. The second-order valence-electron chi connectivity index (χ2n) is 7.44. The molecule has 0 saturated heterocycles. The van der Waals surface area contributed by atoms with Gasteiger partial charge in [0.15, 0.2) is 5.82 Å². The van der Waals surface area contributed by atoms with Crippen molar-refractivity contribution in [3.05, 3.63) is 89.0 Å². The van der Waals surface area contributed by atoms with Gasteiger partial charge < -0.3 is 9.88 Å². The molecule has 4 nitrogen and oxygen atoms in total. The molecule has 1 N–H and O–H groups in total. The van der Waals surface area contributed by atoms with Crippen molar-refractivity contribution in [2.24, 2.45) is 0 Å². The van der Waals surface area contributed by atoms with E-state index in [1.807, 2.05) is 0 Å². The number of alkyl halides is 4. The van der Waals surface area contributed by atoms with Gasteiger partial charge in [0, 0.05) is 12.2 Å². The lowest BCUT2D eigenvalue weighted by Gasteiger charge is -2.29. The average molecular weight is 433 g/mol. The molecular weight excluding hydrogens is 410 g/mol. The normalized spacial score (nSPS) is 14.7. The van der Waals surface area contributed by atoms with Gasteiger partial charge in [-0.2, -0.15) is 13.2 Å². The summed E-state index contributed by atoms with van der Waals surface area (Å²) in [5.41, 5.74) is -2.52. The van der Waals surface area contributed by atoms with Crippen LogP contribution in [0.5, 0.6) is 0 Å². The van der Waals surface area contributed by atoms with Crippen molar-refractivity contribution in [2.45, 2.75) is 45.2 Å². The minimum absolute atomic E-state index is 0.0495. The van der Waals surface area contributed by atoms with Crippen LogP contribution in [-0.2, 0) is 17.0 Å². The average Bonchev–Trinajstić information content (AvgIpc) is 3.02. The molecule has 8 heteroatoms. The standard InChI is InChI=1S/C23H23F4N3O/c1-15-17(3)30(14-18-10-6-4-7-11-18)20(28-15)22(24,23(25,26)27)21(31)29-16(2)19-12-8-5-9-13-19/h4-13,16H,14H2,1-3H3,(H,29,31). The molecule has 0 bridgehead atoms. The summed E-state index contributed by atoms with van der Waals surface area (Å²) in [5.74, 6) is -2.77. The minimum Gasteiger partial charge on any atom is -0.346 e. The van der Waals surface area contributed by atoms with Crippen LogP contribution in [0.2, 0.25) is 0 Å². The van der Waals surface area contributed by atoms with Crippen LogP contribution in [0.4, 0.5) is 17.6 Å². The lowest BCUT2D eigenvalue weighted by molar-refractivity contribution is -0.234. The number of aryl methyl sites for hydroxylation is 1. The van der Waals surface area contributed by atoms with Crippen molar-refractivity contribution < 1.29 is 22.4 Å². The molecule has 1 aromatic heterocycles. The van der Waals surface area contributed by atoms with Crippen LogP contribution in [-0.4, -0.2) is 21.6 Å². The molecule has 1 heterocycles. The summed E-state index contributed by atoms with van der Waals surface area (Å²) in [6.45, 7) is 4.49. The van der Waals surface area contributed by atoms with Gasteiger partial charge in [-0.15, -0.1) is 0 Å². The fourth-order valence-corrected chi connectivity index (χ4v) is 3.35. The van der Waals surface area contributed by atoms with E-state index >= 15 is 4.39 Å². The highest BCUT2D eigenvalue weighted by Gasteiger charge is 2.66. The maximum atomic E-state index is 15.8. The number of nitrogens with zero attached hydrogens (tertiary/aromatic N) is 2. The highest BCUT2D eigenvalue weighted by Crippen LogP contribution is 2.43. The zero-order valence-electron chi connectivity index (χ0n) is 17.4. The molecular formula is C23H23F4N3O. The Morgan fingerprint density at radius 1 is 1.00 bits per heavy atom. The summed E-state index contributed by atoms with van der Waals surface area (Å²) >= 11 is 0. The van der Waals surface area contributed by atoms with E-state index in [2.05, 4.69) is 10.3 Å². The van der Waals surface area contributed by atoms with Crippen LogP contribution in [0.25, 0.3) is 0 Å². The molecule has 2 atom stereocenters. The number of nitrogens with one attached hydrogen (secondary N) is 1. The Morgan fingerprint density at radius 3 is 2.10 bits per heavy atom. The highest BCUT2D eigenvalue weighted by atomic mass is 19.4. The van der Waals surface area contributed by atoms with E-state index in [0.29, 0.717) is 16.8 Å². The molecule has 0 radical (unpaired) electrons. The van der Waals surface area contributed by atoms with Gasteiger partial charge in [0.25, 0.3) is 5.91 Å². The third kappa shape index (κ3) is 4.33. The van der Waals surface area contributed by atoms with Crippen molar-refractivity contribution in [3.63, 3.8) is 0 Å². The number of amides is 1. The smallest absolute Gasteiger partial charge is 0.346 e. The van der Waals surface area contributed by atoms with Crippen molar-refractivity contribution in [1.82, 2.24) is 14.9 Å². The van der Waals surface area contributed by atoms with Crippen LogP contribution in [0, 0.1) is 13.8 Å². The number of hydrogen-bond acceptors (Lipinski definition) is 2. The topological polar surface area (TPSA) is 46.9 Å². The molecule has 0 spiro atoms. The molecule has 0 saturated carbocycles. The van der Waals surface area contributed by atoms with Crippen molar-refractivity contribution >= 4 is 5.91 Å². The van der Waals surface area contributed by atoms with Crippen molar-refractivity contribution in [1.29, 1.82) is 0 Å². The molecule has 0 aliphatic heterocycles. The van der Waals surface area contributed by atoms with E-state index in [4.69, 9.17) is 0 Å². The first-order valence-electron chi connectivity index (χ1n) is 9.75. The van der Waals surface area contributed by atoms with E-state index in [1.54, 1.807) is 67.6 Å². The van der Waals surface area contributed by atoms with Gasteiger partial charge in [-0.25, -0.2) is 9.37 Å². The predicted octanol–water partition coefficient (Wildman–Crippen LogP) is 5.15. The van der Waals surface area contributed by atoms with Crippen LogP contribution in [0.1, 0.15) is 41.3 Å². The number of carbonyl (C=O) groups is 1. The molecule has 0 aliphatic rings. The van der Waals surface area contributed by atoms with Crippen molar-refractivity contribution in [3.8, 4) is 0 Å². The molecule has 0 aliphatic carbocycles.